The van der Waals surface area contributed by atoms with Crippen molar-refractivity contribution in [3.05, 3.63) is 41.5 Å². The third-order valence-corrected chi connectivity index (χ3v) is 4.48. The van der Waals surface area contributed by atoms with Gasteiger partial charge in [0.05, 0.1) is 7.11 Å². The van der Waals surface area contributed by atoms with Crippen molar-refractivity contribution in [2.24, 2.45) is 10.9 Å². The molecule has 0 bridgehead atoms. The van der Waals surface area contributed by atoms with Gasteiger partial charge in [-0.05, 0) is 54.9 Å². The molecule has 1 aromatic rings. The van der Waals surface area contributed by atoms with E-state index >= 15 is 0 Å². The van der Waals surface area contributed by atoms with E-state index in [1.54, 1.807) is 13.2 Å². The number of allylic oxidation sites excluding steroid dienone is 1. The van der Waals surface area contributed by atoms with Crippen LogP contribution in [0.15, 0.2) is 35.3 Å². The first-order valence-electron chi connectivity index (χ1n) is 6.71. The summed E-state index contributed by atoms with van der Waals surface area (Å²) in [6.45, 7) is 0. The van der Waals surface area contributed by atoms with Crippen LogP contribution in [-0.2, 0) is 16.8 Å². The molecule has 0 spiro atoms. The Hall–Kier alpha value is -1.86. The Balaban J connectivity index is 2.20. The second kappa shape index (κ2) is 4.67. The van der Waals surface area contributed by atoms with E-state index in [4.69, 9.17) is 4.74 Å². The molecule has 19 heavy (non-hydrogen) atoms. The predicted octanol–water partition coefficient (Wildman–Crippen LogP) is 3.14. The number of rotatable bonds is 2. The van der Waals surface area contributed by atoms with E-state index in [2.05, 4.69) is 23.2 Å². The highest BCUT2D eigenvalue weighted by Gasteiger charge is 2.44. The summed E-state index contributed by atoms with van der Waals surface area (Å²) in [5.41, 5.74) is 2.01. The molecular weight excluding hydrogens is 238 g/mol. The molecule has 0 radical (unpaired) electrons. The van der Waals surface area contributed by atoms with Crippen LogP contribution in [0.4, 0.5) is 0 Å². The standard InChI is InChI=1S/C16H17NO2/c1-19-14-8-6-12-5-7-13-4-2-3-9-16(13,17-11-18)15(12)10-14/h2-3,6,8,10,13H,4-5,7,9H2,1H3/t13-,16+/m1/s1. The summed E-state index contributed by atoms with van der Waals surface area (Å²) < 4.78 is 5.32. The van der Waals surface area contributed by atoms with Crippen LogP contribution in [0.1, 0.15) is 30.4 Å². The van der Waals surface area contributed by atoms with E-state index in [0.29, 0.717) is 5.92 Å². The average molecular weight is 255 g/mol. The first kappa shape index (κ1) is 12.2. The van der Waals surface area contributed by atoms with Crippen molar-refractivity contribution < 1.29 is 9.53 Å². The van der Waals surface area contributed by atoms with Crippen LogP contribution in [0.2, 0.25) is 0 Å². The Morgan fingerprint density at radius 3 is 3.11 bits per heavy atom. The minimum atomic E-state index is -0.418. The lowest BCUT2D eigenvalue weighted by Gasteiger charge is -2.43. The van der Waals surface area contributed by atoms with Gasteiger partial charge in [0, 0.05) is 0 Å². The van der Waals surface area contributed by atoms with Gasteiger partial charge in [0.25, 0.3) is 0 Å². The van der Waals surface area contributed by atoms with Gasteiger partial charge in [0.2, 0.25) is 6.08 Å². The van der Waals surface area contributed by atoms with Crippen molar-refractivity contribution in [1.82, 2.24) is 0 Å². The molecule has 2 aliphatic rings. The first-order chi connectivity index (χ1) is 9.30. The molecule has 0 unspecified atom stereocenters. The van der Waals surface area contributed by atoms with Crippen LogP contribution >= 0.6 is 0 Å². The van der Waals surface area contributed by atoms with Crippen LogP contribution < -0.4 is 4.74 Å². The second-order valence-electron chi connectivity index (χ2n) is 5.30. The number of hydrogen-bond acceptors (Lipinski definition) is 3. The highest BCUT2D eigenvalue weighted by Crippen LogP contribution is 2.49. The van der Waals surface area contributed by atoms with Gasteiger partial charge in [0.15, 0.2) is 0 Å². The maximum atomic E-state index is 10.9. The molecule has 3 heteroatoms. The van der Waals surface area contributed by atoms with Gasteiger partial charge in [-0.2, -0.15) is 4.99 Å². The van der Waals surface area contributed by atoms with Gasteiger partial charge in [-0.25, -0.2) is 4.79 Å². The lowest BCUT2D eigenvalue weighted by molar-refractivity contribution is 0.233. The predicted molar refractivity (Wildman–Crippen MR) is 73.0 cm³/mol. The molecule has 0 aliphatic heterocycles. The third kappa shape index (κ3) is 1.82. The SMILES string of the molecule is COc1ccc2c(c1)[C@]1(N=C=O)CC=CC[C@@H]1CC2. The second-order valence-corrected chi connectivity index (χ2v) is 5.30. The van der Waals surface area contributed by atoms with Gasteiger partial charge in [0.1, 0.15) is 11.3 Å². The number of fused-ring (bicyclic) bond motifs is 3. The molecule has 3 rings (SSSR count). The lowest BCUT2D eigenvalue weighted by atomic mass is 9.64. The molecular formula is C16H17NO2. The highest BCUT2D eigenvalue weighted by atomic mass is 16.5. The Bertz CT molecular complexity index is 572. The van der Waals surface area contributed by atoms with E-state index in [1.165, 1.54) is 5.56 Å². The van der Waals surface area contributed by atoms with E-state index in [1.807, 2.05) is 12.1 Å². The normalized spacial score (nSPS) is 27.9. The molecule has 98 valence electrons. The largest absolute Gasteiger partial charge is 0.497 e. The van der Waals surface area contributed by atoms with E-state index in [-0.39, 0.29) is 0 Å². The molecule has 0 amide bonds. The van der Waals surface area contributed by atoms with Crippen molar-refractivity contribution in [1.29, 1.82) is 0 Å². The summed E-state index contributed by atoms with van der Waals surface area (Å²) in [4.78, 5) is 15.2. The van der Waals surface area contributed by atoms with Crippen molar-refractivity contribution in [2.45, 2.75) is 31.2 Å². The molecule has 2 aliphatic carbocycles. The summed E-state index contributed by atoms with van der Waals surface area (Å²) >= 11 is 0. The number of hydrogen-bond donors (Lipinski definition) is 0. The first-order valence-corrected chi connectivity index (χ1v) is 6.71. The highest BCUT2D eigenvalue weighted by molar-refractivity contribution is 5.47. The zero-order chi connectivity index (χ0) is 13.3. The number of carbonyl (C=O) groups excluding carboxylic acids is 1. The average Bonchev–Trinajstić information content (AvgIpc) is 2.47. The van der Waals surface area contributed by atoms with E-state index < -0.39 is 5.54 Å². The fourth-order valence-electron chi connectivity index (χ4n) is 3.48. The zero-order valence-corrected chi connectivity index (χ0v) is 11.1. The lowest BCUT2D eigenvalue weighted by Crippen LogP contribution is -2.39. The van der Waals surface area contributed by atoms with Crippen LogP contribution in [0.3, 0.4) is 0 Å². The monoisotopic (exact) mass is 255 g/mol. The number of aryl methyl sites for hydroxylation is 1. The number of methoxy groups -OCH3 is 1. The molecule has 2 atom stereocenters. The van der Waals surface area contributed by atoms with Crippen molar-refractivity contribution in [2.75, 3.05) is 7.11 Å². The Morgan fingerprint density at radius 1 is 1.42 bits per heavy atom. The summed E-state index contributed by atoms with van der Waals surface area (Å²) in [6, 6.07) is 6.13. The Labute approximate surface area is 113 Å². The number of benzene rings is 1. The van der Waals surface area contributed by atoms with Crippen molar-refractivity contribution in [3.63, 3.8) is 0 Å². The summed E-state index contributed by atoms with van der Waals surface area (Å²) in [6.07, 6.45) is 10.0. The number of isocyanates is 1. The fourth-order valence-corrected chi connectivity index (χ4v) is 3.48. The molecule has 0 aromatic heterocycles. The Morgan fingerprint density at radius 2 is 2.32 bits per heavy atom. The molecule has 0 saturated heterocycles. The fraction of sp³-hybridized carbons (Fsp3) is 0.438. The molecule has 0 N–H and O–H groups in total. The summed E-state index contributed by atoms with van der Waals surface area (Å²) in [7, 11) is 1.67. The summed E-state index contributed by atoms with van der Waals surface area (Å²) in [5.74, 6) is 1.23. The number of aliphatic imine (C=N–C) groups is 1. The van der Waals surface area contributed by atoms with Gasteiger partial charge >= 0.3 is 0 Å². The quantitative estimate of drug-likeness (QED) is 0.462. The molecule has 0 saturated carbocycles. The van der Waals surface area contributed by atoms with Gasteiger partial charge in [-0.3, -0.25) is 0 Å². The van der Waals surface area contributed by atoms with Gasteiger partial charge in [-0.15, -0.1) is 0 Å². The maximum absolute atomic E-state index is 10.9. The van der Waals surface area contributed by atoms with E-state index in [0.717, 1.165) is 37.0 Å². The van der Waals surface area contributed by atoms with E-state index in [9.17, 15) is 4.79 Å². The van der Waals surface area contributed by atoms with Crippen molar-refractivity contribution >= 4 is 6.08 Å². The molecule has 0 heterocycles. The maximum Gasteiger partial charge on any atom is 0.235 e. The number of nitrogens with zero attached hydrogens (tertiary/aromatic N) is 1. The Kier molecular flexibility index (Phi) is 3.00. The van der Waals surface area contributed by atoms with Crippen LogP contribution in [0, 0.1) is 5.92 Å². The minimum Gasteiger partial charge on any atom is -0.497 e. The molecule has 1 aromatic carbocycles. The van der Waals surface area contributed by atoms with Crippen LogP contribution in [0.25, 0.3) is 0 Å². The summed E-state index contributed by atoms with van der Waals surface area (Å²) in [5, 5.41) is 0. The van der Waals surface area contributed by atoms with Crippen LogP contribution in [0.5, 0.6) is 5.75 Å². The molecule has 0 fully saturated rings. The van der Waals surface area contributed by atoms with Gasteiger partial charge < -0.3 is 4.74 Å². The molecule has 3 nitrogen and oxygen atoms in total. The topological polar surface area (TPSA) is 38.7 Å². The smallest absolute Gasteiger partial charge is 0.235 e. The third-order valence-electron chi connectivity index (χ3n) is 4.48. The van der Waals surface area contributed by atoms with Crippen LogP contribution in [-0.4, -0.2) is 13.2 Å². The number of ether oxygens (including phenoxy) is 1. The zero-order valence-electron chi connectivity index (χ0n) is 11.1. The van der Waals surface area contributed by atoms with Gasteiger partial charge in [-0.1, -0.05) is 18.2 Å². The van der Waals surface area contributed by atoms with Crippen molar-refractivity contribution in [3.8, 4) is 5.75 Å². The minimum absolute atomic E-state index is 0.401.